The van der Waals surface area contributed by atoms with E-state index in [9.17, 15) is 48.6 Å². The van der Waals surface area contributed by atoms with E-state index in [1.165, 1.54) is 58.2 Å². The Hall–Kier alpha value is -6.11. The molecule has 0 bridgehead atoms. The summed E-state index contributed by atoms with van der Waals surface area (Å²) in [6.07, 6.45) is -1.52. The van der Waals surface area contributed by atoms with Gasteiger partial charge in [-0.2, -0.15) is 0 Å². The van der Waals surface area contributed by atoms with Gasteiger partial charge in [0, 0.05) is 40.3 Å². The van der Waals surface area contributed by atoms with Crippen LogP contribution in [0.4, 0.5) is 0 Å². The Labute approximate surface area is 367 Å². The number of rotatable bonds is 7. The Morgan fingerprint density at radius 3 is 2.13 bits per heavy atom. The van der Waals surface area contributed by atoms with Gasteiger partial charge in [-0.3, -0.25) is 33.6 Å². The third kappa shape index (κ3) is 11.9. The molecular weight excluding hydrogens is 817 g/mol. The van der Waals surface area contributed by atoms with Crippen LogP contribution in [0.1, 0.15) is 83.4 Å². The highest BCUT2D eigenvalue weighted by Crippen LogP contribution is 2.26. The van der Waals surface area contributed by atoms with Crippen molar-refractivity contribution in [1.29, 1.82) is 0 Å². The second-order valence-electron chi connectivity index (χ2n) is 17.3. The average Bonchev–Trinajstić information content (AvgIpc) is 3.62. The van der Waals surface area contributed by atoms with Gasteiger partial charge in [0.1, 0.15) is 42.1 Å². The molecule has 9 atom stereocenters. The standard InChI is InChI=1S/C44H62N8O11/c1-23(2)19-30-42(60)52-21-29(53)20-31(52)43(61)49(8)22-33(55)50(9)36(25(5)24(3)4)40(58)46-26(6)41(59)51(10)37(28-15-12-11-13-16-28)44(62)63-27(7)34(38(56)47-30)48-39(57)35-32(54)17-14-18-45-35/h11-18,23-27,29-31,34,36-37,53-54H,19-22H2,1-10H3,(H,46,58)(H,47,56)(H,48,57)/t25-,26-,27+,29+,30+,31?,34-,36?,37-/m0/s1. The van der Waals surface area contributed by atoms with Crippen molar-refractivity contribution in [2.24, 2.45) is 17.8 Å². The Bertz CT molecular complexity index is 2020. The second kappa shape index (κ2) is 21.3. The molecule has 2 unspecified atom stereocenters. The molecule has 2 fully saturated rings. The van der Waals surface area contributed by atoms with E-state index in [1.54, 1.807) is 51.1 Å². The topological polar surface area (TPSA) is 248 Å². The molecule has 0 saturated carbocycles. The van der Waals surface area contributed by atoms with Crippen LogP contribution in [0.5, 0.6) is 5.75 Å². The van der Waals surface area contributed by atoms with Gasteiger partial charge < -0.3 is 50.5 Å². The predicted molar refractivity (Wildman–Crippen MR) is 228 cm³/mol. The number of carbonyl (C=O) groups is 8. The fourth-order valence-corrected chi connectivity index (χ4v) is 7.82. The molecule has 0 aliphatic carbocycles. The van der Waals surface area contributed by atoms with E-state index in [4.69, 9.17) is 4.74 Å². The van der Waals surface area contributed by atoms with Gasteiger partial charge in [0.05, 0.1) is 12.6 Å². The number of aromatic hydroxyl groups is 1. The van der Waals surface area contributed by atoms with Crippen molar-refractivity contribution in [3.63, 3.8) is 0 Å². The molecule has 2 aliphatic rings. The number of hydrogen-bond donors (Lipinski definition) is 5. The Balaban J connectivity index is 1.86. The average molecular weight is 879 g/mol. The fourth-order valence-electron chi connectivity index (χ4n) is 7.82. The molecule has 2 aliphatic heterocycles. The van der Waals surface area contributed by atoms with E-state index < -0.39 is 120 Å². The predicted octanol–water partition coefficient (Wildman–Crippen LogP) is 0.606. The minimum absolute atomic E-state index is 0.0335. The number of esters is 1. The number of aromatic nitrogens is 1. The molecule has 2 aromatic rings. The Morgan fingerprint density at radius 2 is 1.52 bits per heavy atom. The van der Waals surface area contributed by atoms with Gasteiger partial charge in [0.25, 0.3) is 5.91 Å². The van der Waals surface area contributed by atoms with Gasteiger partial charge in [0.2, 0.25) is 35.4 Å². The number of amides is 7. The number of nitrogens with zero attached hydrogens (tertiary/aromatic N) is 5. The molecule has 0 radical (unpaired) electrons. The van der Waals surface area contributed by atoms with E-state index in [0.29, 0.717) is 5.56 Å². The summed E-state index contributed by atoms with van der Waals surface area (Å²) >= 11 is 0. The summed E-state index contributed by atoms with van der Waals surface area (Å²) in [6, 6.07) is 2.60. The number of aliphatic hydroxyl groups is 1. The minimum atomic E-state index is -1.74. The molecule has 19 heteroatoms. The van der Waals surface area contributed by atoms with Crippen molar-refractivity contribution in [1.82, 2.24) is 40.5 Å². The molecule has 344 valence electrons. The van der Waals surface area contributed by atoms with Crippen LogP contribution in [-0.4, -0.2) is 159 Å². The maximum absolute atomic E-state index is 14.5. The third-order valence-corrected chi connectivity index (χ3v) is 11.7. The number of pyridine rings is 1. The summed E-state index contributed by atoms with van der Waals surface area (Å²) in [5.74, 6) is -7.75. The quantitative estimate of drug-likeness (QED) is 0.240. The maximum Gasteiger partial charge on any atom is 0.333 e. The second-order valence-corrected chi connectivity index (χ2v) is 17.3. The van der Waals surface area contributed by atoms with Gasteiger partial charge in [-0.05, 0) is 55.7 Å². The van der Waals surface area contributed by atoms with Gasteiger partial charge in [-0.15, -0.1) is 0 Å². The zero-order chi connectivity index (χ0) is 47.0. The number of carbonyl (C=O) groups excluding carboxylic acids is 8. The van der Waals surface area contributed by atoms with Gasteiger partial charge in [-0.1, -0.05) is 65.0 Å². The molecule has 19 nitrogen and oxygen atoms in total. The summed E-state index contributed by atoms with van der Waals surface area (Å²) in [6.45, 7) is 11.1. The molecule has 1 aromatic carbocycles. The van der Waals surface area contributed by atoms with Crippen molar-refractivity contribution in [3.8, 4) is 5.75 Å². The molecule has 4 rings (SSSR count). The minimum Gasteiger partial charge on any atom is -0.505 e. The van der Waals surface area contributed by atoms with E-state index in [0.717, 1.165) is 14.7 Å². The number of ether oxygens (including phenoxy) is 1. The molecule has 5 N–H and O–H groups in total. The lowest BCUT2D eigenvalue weighted by molar-refractivity contribution is -0.161. The van der Waals surface area contributed by atoms with Crippen LogP contribution < -0.4 is 16.0 Å². The molecule has 63 heavy (non-hydrogen) atoms. The van der Waals surface area contributed by atoms with Crippen molar-refractivity contribution in [3.05, 3.63) is 59.9 Å². The summed E-state index contributed by atoms with van der Waals surface area (Å²) in [4.78, 5) is 122. The monoisotopic (exact) mass is 878 g/mol. The van der Waals surface area contributed by atoms with Crippen molar-refractivity contribution in [2.75, 3.05) is 34.2 Å². The number of aliphatic hydroxyl groups excluding tert-OH is 1. The van der Waals surface area contributed by atoms with E-state index >= 15 is 0 Å². The first-order valence-electron chi connectivity index (χ1n) is 21.1. The number of likely N-dealkylation sites (N-methyl/N-ethyl adjacent to an activating group) is 3. The van der Waals surface area contributed by atoms with Crippen molar-refractivity contribution >= 4 is 47.3 Å². The molecule has 1 aromatic heterocycles. The van der Waals surface area contributed by atoms with Crippen molar-refractivity contribution < 1.29 is 53.3 Å². The normalized spacial score (nSPS) is 27.0. The molecule has 3 heterocycles. The zero-order valence-electron chi connectivity index (χ0n) is 37.6. The number of nitrogens with one attached hydrogen (secondary N) is 3. The number of cyclic esters (lactones) is 1. The van der Waals surface area contributed by atoms with E-state index in [-0.39, 0.29) is 31.2 Å². The first kappa shape index (κ1) is 49.5. The van der Waals surface area contributed by atoms with Gasteiger partial charge in [-0.25, -0.2) is 9.78 Å². The number of hydrogen-bond acceptors (Lipinski definition) is 12. The van der Waals surface area contributed by atoms with Crippen LogP contribution in [0.3, 0.4) is 0 Å². The fraction of sp³-hybridized carbons (Fsp3) is 0.568. The highest BCUT2D eigenvalue weighted by atomic mass is 16.5. The smallest absolute Gasteiger partial charge is 0.333 e. The lowest BCUT2D eigenvalue weighted by Crippen LogP contribution is -2.60. The van der Waals surface area contributed by atoms with Crippen LogP contribution >= 0.6 is 0 Å². The van der Waals surface area contributed by atoms with Crippen LogP contribution in [0.15, 0.2) is 48.7 Å². The number of fused-ring (bicyclic) bond motifs is 1. The van der Waals surface area contributed by atoms with Crippen LogP contribution in [0.25, 0.3) is 0 Å². The lowest BCUT2D eigenvalue weighted by Gasteiger charge is -2.37. The van der Waals surface area contributed by atoms with E-state index in [2.05, 4.69) is 20.9 Å². The molecule has 2 saturated heterocycles. The van der Waals surface area contributed by atoms with Gasteiger partial charge in [0.15, 0.2) is 11.7 Å². The summed E-state index contributed by atoms with van der Waals surface area (Å²) < 4.78 is 5.91. The van der Waals surface area contributed by atoms with Crippen molar-refractivity contribution in [2.45, 2.75) is 110 Å². The molecule has 7 amide bonds. The summed E-state index contributed by atoms with van der Waals surface area (Å²) in [7, 11) is 4.13. The van der Waals surface area contributed by atoms with Crippen LogP contribution in [0, 0.1) is 17.8 Å². The van der Waals surface area contributed by atoms with Gasteiger partial charge >= 0.3 is 5.97 Å². The van der Waals surface area contributed by atoms with Crippen LogP contribution in [-0.2, 0) is 38.3 Å². The first-order chi connectivity index (χ1) is 29.5. The molecular formula is C44H62N8O11. The highest BCUT2D eigenvalue weighted by Gasteiger charge is 2.45. The number of benzene rings is 1. The largest absolute Gasteiger partial charge is 0.505 e. The maximum atomic E-state index is 14.5. The van der Waals surface area contributed by atoms with Crippen LogP contribution in [0.2, 0.25) is 0 Å². The Kier molecular flexibility index (Phi) is 16.8. The Morgan fingerprint density at radius 1 is 0.873 bits per heavy atom. The third-order valence-electron chi connectivity index (χ3n) is 11.7. The van der Waals surface area contributed by atoms with E-state index in [1.807, 2.05) is 13.8 Å². The first-order valence-corrected chi connectivity index (χ1v) is 21.1. The SMILES string of the molecule is CC(C)C[C@H]1NC(=O)[C@@H](NC(=O)c2ncccc2O)[C@@H](C)OC(=O)[C@H](c2ccccc2)N(C)C(=O)[C@H](C)NC(=O)C([C@@H](C)C(C)C)N(C)C(=O)CN(C)C(=O)C2C[C@@H](O)CN2C1=O. The zero-order valence-corrected chi connectivity index (χ0v) is 37.6. The molecule has 0 spiro atoms. The summed E-state index contributed by atoms with van der Waals surface area (Å²) in [5.41, 5.74) is -0.145. The summed E-state index contributed by atoms with van der Waals surface area (Å²) in [5, 5.41) is 29.1. The lowest BCUT2D eigenvalue weighted by atomic mass is 9.88. The highest BCUT2D eigenvalue weighted by molar-refractivity contribution is 6.00.